The number of carbonyl (C=O) groups is 1. The van der Waals surface area contributed by atoms with Crippen LogP contribution in [0.2, 0.25) is 0 Å². The minimum absolute atomic E-state index is 0.142. The van der Waals surface area contributed by atoms with Crippen LogP contribution in [0.3, 0.4) is 0 Å². The van der Waals surface area contributed by atoms with Gasteiger partial charge >= 0.3 is 0 Å². The van der Waals surface area contributed by atoms with Crippen molar-refractivity contribution in [3.05, 3.63) is 23.8 Å². The van der Waals surface area contributed by atoms with E-state index in [4.69, 9.17) is 14.6 Å². The van der Waals surface area contributed by atoms with Crippen LogP contribution in [0.1, 0.15) is 18.4 Å². The van der Waals surface area contributed by atoms with Gasteiger partial charge in [-0.2, -0.15) is 0 Å². The number of rotatable bonds is 3. The Balaban J connectivity index is 1.60. The highest BCUT2D eigenvalue weighted by Gasteiger charge is 2.22. The number of ether oxygens (including phenoxy) is 2. The molecule has 1 aromatic rings. The second-order valence-electron chi connectivity index (χ2n) is 5.66. The molecule has 0 unspecified atom stereocenters. The van der Waals surface area contributed by atoms with E-state index in [2.05, 4.69) is 0 Å². The van der Waals surface area contributed by atoms with E-state index >= 15 is 0 Å². The van der Waals surface area contributed by atoms with Crippen LogP contribution in [-0.4, -0.2) is 48.8 Å². The molecule has 0 aromatic heterocycles. The monoisotopic (exact) mass is 291 g/mol. The average molecular weight is 291 g/mol. The van der Waals surface area contributed by atoms with Crippen molar-refractivity contribution >= 4 is 5.91 Å². The van der Waals surface area contributed by atoms with Crippen LogP contribution < -0.4 is 9.47 Å². The molecule has 0 aliphatic carbocycles. The summed E-state index contributed by atoms with van der Waals surface area (Å²) in [6.45, 7) is 2.84. The first-order chi connectivity index (χ1) is 10.3. The number of benzene rings is 1. The fourth-order valence-electron chi connectivity index (χ4n) is 2.85. The molecule has 21 heavy (non-hydrogen) atoms. The lowest BCUT2D eigenvalue weighted by Crippen LogP contribution is -2.40. The number of piperidine rings is 1. The third-order valence-corrected chi connectivity index (χ3v) is 4.19. The second-order valence-corrected chi connectivity index (χ2v) is 5.66. The van der Waals surface area contributed by atoms with E-state index in [0.717, 1.165) is 43.0 Å². The summed E-state index contributed by atoms with van der Waals surface area (Å²) < 4.78 is 11.0. The third-order valence-electron chi connectivity index (χ3n) is 4.19. The average Bonchev–Trinajstić information content (AvgIpc) is 2.55. The smallest absolute Gasteiger partial charge is 0.226 e. The predicted molar refractivity (Wildman–Crippen MR) is 77.5 cm³/mol. The second kappa shape index (κ2) is 6.35. The Morgan fingerprint density at radius 2 is 1.90 bits per heavy atom. The maximum Gasteiger partial charge on any atom is 0.226 e. The molecular weight excluding hydrogens is 270 g/mol. The van der Waals surface area contributed by atoms with Crippen LogP contribution >= 0.6 is 0 Å². The summed E-state index contributed by atoms with van der Waals surface area (Å²) in [5.74, 6) is 1.97. The molecule has 3 rings (SSSR count). The van der Waals surface area contributed by atoms with Crippen molar-refractivity contribution < 1.29 is 19.4 Å². The largest absolute Gasteiger partial charge is 0.486 e. The number of nitrogens with zero attached hydrogens (tertiary/aromatic N) is 1. The van der Waals surface area contributed by atoms with E-state index in [-0.39, 0.29) is 12.5 Å². The molecule has 0 atom stereocenters. The van der Waals surface area contributed by atoms with Gasteiger partial charge in [-0.15, -0.1) is 0 Å². The number of aliphatic hydroxyl groups is 1. The zero-order valence-corrected chi connectivity index (χ0v) is 12.1. The highest BCUT2D eigenvalue weighted by atomic mass is 16.6. The fourth-order valence-corrected chi connectivity index (χ4v) is 2.85. The summed E-state index contributed by atoms with van der Waals surface area (Å²) in [4.78, 5) is 14.2. The summed E-state index contributed by atoms with van der Waals surface area (Å²) in [5.41, 5.74) is 0.952. The normalized spacial score (nSPS) is 18.6. The Hall–Kier alpha value is -1.75. The van der Waals surface area contributed by atoms with E-state index in [1.54, 1.807) is 0 Å². The maximum atomic E-state index is 12.3. The van der Waals surface area contributed by atoms with Crippen LogP contribution in [0.15, 0.2) is 18.2 Å². The number of fused-ring (bicyclic) bond motifs is 1. The summed E-state index contributed by atoms with van der Waals surface area (Å²) in [5, 5.41) is 9.13. The zero-order valence-electron chi connectivity index (χ0n) is 12.1. The van der Waals surface area contributed by atoms with E-state index < -0.39 is 0 Å². The Morgan fingerprint density at radius 3 is 2.62 bits per heavy atom. The molecule has 1 saturated heterocycles. The summed E-state index contributed by atoms with van der Waals surface area (Å²) in [6.07, 6.45) is 2.17. The molecule has 2 aliphatic heterocycles. The van der Waals surface area contributed by atoms with Crippen LogP contribution in [0.25, 0.3) is 0 Å². The van der Waals surface area contributed by atoms with Crippen LogP contribution in [0.4, 0.5) is 0 Å². The quantitative estimate of drug-likeness (QED) is 0.910. The van der Waals surface area contributed by atoms with Crippen LogP contribution in [0, 0.1) is 5.92 Å². The first-order valence-electron chi connectivity index (χ1n) is 7.53. The number of hydrogen-bond acceptors (Lipinski definition) is 4. The SMILES string of the molecule is O=C(Cc1ccc2c(c1)OCCO2)N1CCC(CO)CC1. The Labute approximate surface area is 124 Å². The lowest BCUT2D eigenvalue weighted by atomic mass is 9.97. The Kier molecular flexibility index (Phi) is 4.29. The first-order valence-corrected chi connectivity index (χ1v) is 7.53. The van der Waals surface area contributed by atoms with Gasteiger partial charge in [0.05, 0.1) is 6.42 Å². The molecule has 5 nitrogen and oxygen atoms in total. The van der Waals surface area contributed by atoms with E-state index in [1.165, 1.54) is 0 Å². The molecule has 0 saturated carbocycles. The van der Waals surface area contributed by atoms with Crippen molar-refractivity contribution in [2.75, 3.05) is 32.9 Å². The fraction of sp³-hybridized carbons (Fsp3) is 0.562. The van der Waals surface area contributed by atoms with Gasteiger partial charge in [-0.1, -0.05) is 6.07 Å². The first kappa shape index (κ1) is 14.2. The third kappa shape index (κ3) is 3.29. The van der Waals surface area contributed by atoms with Gasteiger partial charge in [0.25, 0.3) is 0 Å². The minimum atomic E-state index is 0.142. The van der Waals surface area contributed by atoms with Gasteiger partial charge in [-0.25, -0.2) is 0 Å². The van der Waals surface area contributed by atoms with Crippen molar-refractivity contribution in [2.45, 2.75) is 19.3 Å². The highest BCUT2D eigenvalue weighted by Crippen LogP contribution is 2.31. The van der Waals surface area contributed by atoms with Crippen molar-refractivity contribution in [1.82, 2.24) is 4.90 Å². The van der Waals surface area contributed by atoms with Gasteiger partial charge in [-0.3, -0.25) is 4.79 Å². The van der Waals surface area contributed by atoms with Gasteiger partial charge in [0.2, 0.25) is 5.91 Å². The molecule has 5 heteroatoms. The van der Waals surface area contributed by atoms with Gasteiger partial charge in [-0.05, 0) is 36.5 Å². The van der Waals surface area contributed by atoms with Crippen molar-refractivity contribution in [2.24, 2.45) is 5.92 Å². The van der Waals surface area contributed by atoms with Crippen molar-refractivity contribution in [3.8, 4) is 11.5 Å². The molecule has 0 spiro atoms. The molecule has 2 aliphatic rings. The maximum absolute atomic E-state index is 12.3. The van der Waals surface area contributed by atoms with Gasteiger partial charge in [0, 0.05) is 19.7 Å². The van der Waals surface area contributed by atoms with Crippen molar-refractivity contribution in [1.29, 1.82) is 0 Å². The van der Waals surface area contributed by atoms with Gasteiger partial charge in [0.1, 0.15) is 13.2 Å². The minimum Gasteiger partial charge on any atom is -0.486 e. The molecule has 1 N–H and O–H groups in total. The Bertz CT molecular complexity index is 509. The van der Waals surface area contributed by atoms with Crippen LogP contribution in [0.5, 0.6) is 11.5 Å². The lowest BCUT2D eigenvalue weighted by Gasteiger charge is -2.31. The summed E-state index contributed by atoms with van der Waals surface area (Å²) >= 11 is 0. The van der Waals surface area contributed by atoms with E-state index in [9.17, 15) is 4.79 Å². The number of carbonyl (C=O) groups excluding carboxylic acids is 1. The summed E-state index contributed by atoms with van der Waals surface area (Å²) in [7, 11) is 0. The molecule has 1 aromatic carbocycles. The zero-order chi connectivity index (χ0) is 14.7. The molecule has 1 fully saturated rings. The molecule has 114 valence electrons. The van der Waals surface area contributed by atoms with Crippen LogP contribution in [-0.2, 0) is 11.2 Å². The number of likely N-dealkylation sites (tertiary alicyclic amines) is 1. The molecular formula is C16H21NO4. The molecule has 1 amide bonds. The van der Waals surface area contributed by atoms with Gasteiger partial charge < -0.3 is 19.5 Å². The summed E-state index contributed by atoms with van der Waals surface area (Å²) in [6, 6.07) is 5.69. The topological polar surface area (TPSA) is 59.0 Å². The number of hydrogen-bond donors (Lipinski definition) is 1. The number of amides is 1. The molecule has 0 radical (unpaired) electrons. The number of aliphatic hydroxyl groups excluding tert-OH is 1. The standard InChI is InChI=1S/C16H21NO4/c18-11-12-3-5-17(6-4-12)16(19)10-13-1-2-14-15(9-13)21-8-7-20-14/h1-2,9,12,18H,3-8,10-11H2. The van der Waals surface area contributed by atoms with Crippen molar-refractivity contribution in [3.63, 3.8) is 0 Å². The Morgan fingerprint density at radius 1 is 1.19 bits per heavy atom. The van der Waals surface area contributed by atoms with Gasteiger partial charge in [0.15, 0.2) is 11.5 Å². The molecule has 2 heterocycles. The lowest BCUT2D eigenvalue weighted by molar-refractivity contribution is -0.132. The highest BCUT2D eigenvalue weighted by molar-refractivity contribution is 5.79. The van der Waals surface area contributed by atoms with E-state index in [1.807, 2.05) is 23.1 Å². The van der Waals surface area contributed by atoms with E-state index in [0.29, 0.717) is 25.6 Å². The molecule has 0 bridgehead atoms. The predicted octanol–water partition coefficient (Wildman–Crippen LogP) is 1.23.